The predicted octanol–water partition coefficient (Wildman–Crippen LogP) is -0.395. The summed E-state index contributed by atoms with van der Waals surface area (Å²) in [5.74, 6) is 0. The molecule has 6 nitrogen and oxygen atoms in total. The minimum atomic E-state index is -0.626. The van der Waals surface area contributed by atoms with E-state index < -0.39 is 5.54 Å². The van der Waals surface area contributed by atoms with Crippen molar-refractivity contribution < 1.29 is 5.11 Å². The molecule has 2 rings (SSSR count). The lowest BCUT2D eigenvalue weighted by molar-refractivity contribution is 0.208. The third-order valence-electron chi connectivity index (χ3n) is 2.20. The van der Waals surface area contributed by atoms with Gasteiger partial charge in [-0.2, -0.15) is 10.3 Å². The Balaban J connectivity index is 2.28. The van der Waals surface area contributed by atoms with E-state index in [1.807, 2.05) is 6.07 Å². The van der Waals surface area contributed by atoms with Crippen LogP contribution in [0, 0.1) is 0 Å². The topological polar surface area (TPSA) is 101 Å². The first-order chi connectivity index (χ1) is 7.11. The zero-order valence-electron chi connectivity index (χ0n) is 8.44. The average molecular weight is 207 g/mol. The number of aliphatic hydroxyl groups is 1. The molecule has 6 heteroatoms. The second-order valence-corrected chi connectivity index (χ2v) is 4.00. The summed E-state index contributed by atoms with van der Waals surface area (Å²) in [5, 5.41) is 19.3. The Morgan fingerprint density at radius 1 is 1.53 bits per heavy atom. The van der Waals surface area contributed by atoms with Gasteiger partial charge in [-0.1, -0.05) is 0 Å². The highest BCUT2D eigenvalue weighted by molar-refractivity contribution is 5.69. The van der Waals surface area contributed by atoms with Gasteiger partial charge in [0.1, 0.15) is 5.52 Å². The second kappa shape index (κ2) is 3.56. The number of rotatable bonds is 3. The Morgan fingerprint density at radius 3 is 3.07 bits per heavy atom. The van der Waals surface area contributed by atoms with Crippen LogP contribution in [0.2, 0.25) is 0 Å². The Bertz CT molecular complexity index is 464. The molecule has 0 aliphatic carbocycles. The first kappa shape index (κ1) is 10.0. The van der Waals surface area contributed by atoms with Crippen LogP contribution in [0.4, 0.5) is 0 Å². The van der Waals surface area contributed by atoms with Gasteiger partial charge >= 0.3 is 0 Å². The molecule has 1 atom stereocenters. The van der Waals surface area contributed by atoms with Gasteiger partial charge in [-0.25, -0.2) is 4.98 Å². The summed E-state index contributed by atoms with van der Waals surface area (Å²) in [6.45, 7) is 1.73. The van der Waals surface area contributed by atoms with Gasteiger partial charge in [0.05, 0.1) is 6.61 Å². The first-order valence-electron chi connectivity index (χ1n) is 4.66. The average Bonchev–Trinajstić information content (AvgIpc) is 2.64. The van der Waals surface area contributed by atoms with Crippen molar-refractivity contribution in [2.75, 3.05) is 6.61 Å². The molecule has 2 aromatic heterocycles. The Labute approximate surface area is 86.5 Å². The summed E-state index contributed by atoms with van der Waals surface area (Å²) in [6.07, 6.45) is 2.25. The van der Waals surface area contributed by atoms with Gasteiger partial charge in [-0.15, -0.1) is 5.10 Å². The van der Waals surface area contributed by atoms with E-state index in [0.29, 0.717) is 17.6 Å². The molecule has 80 valence electrons. The molecule has 0 fully saturated rings. The van der Waals surface area contributed by atoms with Crippen molar-refractivity contribution in [2.45, 2.75) is 18.9 Å². The van der Waals surface area contributed by atoms with Gasteiger partial charge in [0, 0.05) is 11.7 Å². The largest absolute Gasteiger partial charge is 0.394 e. The predicted molar refractivity (Wildman–Crippen MR) is 55.1 cm³/mol. The smallest absolute Gasteiger partial charge is 0.201 e. The highest BCUT2D eigenvalue weighted by Gasteiger charge is 2.18. The highest BCUT2D eigenvalue weighted by atomic mass is 16.3. The normalized spacial score (nSPS) is 15.4. The van der Waals surface area contributed by atoms with Gasteiger partial charge in [0.15, 0.2) is 0 Å². The molecule has 0 aliphatic rings. The van der Waals surface area contributed by atoms with Gasteiger partial charge in [-0.3, -0.25) is 0 Å². The number of H-pyrrole nitrogens is 1. The number of nitrogens with one attached hydrogen (secondary N) is 1. The molecule has 0 bridgehead atoms. The lowest BCUT2D eigenvalue weighted by Gasteiger charge is -2.21. The van der Waals surface area contributed by atoms with Crippen molar-refractivity contribution in [1.82, 2.24) is 20.4 Å². The van der Waals surface area contributed by atoms with Crippen molar-refractivity contribution in [3.05, 3.63) is 17.8 Å². The molecule has 4 N–H and O–H groups in total. The Kier molecular flexibility index (Phi) is 2.37. The van der Waals surface area contributed by atoms with E-state index in [2.05, 4.69) is 20.4 Å². The maximum atomic E-state index is 9.05. The molecule has 15 heavy (non-hydrogen) atoms. The summed E-state index contributed by atoms with van der Waals surface area (Å²) in [5.41, 5.74) is 7.45. The van der Waals surface area contributed by atoms with Gasteiger partial charge in [0.25, 0.3) is 0 Å². The molecule has 0 amide bonds. The lowest BCUT2D eigenvalue weighted by Crippen LogP contribution is -2.42. The minimum absolute atomic E-state index is 0.0656. The molecule has 0 spiro atoms. The number of fused-ring (bicyclic) bond motifs is 1. The summed E-state index contributed by atoms with van der Waals surface area (Å²) < 4.78 is 0. The summed E-state index contributed by atoms with van der Waals surface area (Å²) in [7, 11) is 0. The molecule has 0 saturated heterocycles. The minimum Gasteiger partial charge on any atom is -0.394 e. The zero-order chi connectivity index (χ0) is 10.9. The number of nitrogens with two attached hydrogens (primary N) is 1. The molecule has 2 heterocycles. The van der Waals surface area contributed by atoms with Crippen molar-refractivity contribution in [1.29, 1.82) is 0 Å². The first-order valence-corrected chi connectivity index (χ1v) is 4.66. The van der Waals surface area contributed by atoms with Crippen LogP contribution in [0.3, 0.4) is 0 Å². The fourth-order valence-electron chi connectivity index (χ4n) is 1.40. The summed E-state index contributed by atoms with van der Waals surface area (Å²) >= 11 is 0. The monoisotopic (exact) mass is 207 g/mol. The molecule has 0 aliphatic heterocycles. The lowest BCUT2D eigenvalue weighted by atomic mass is 9.96. The molecule has 0 saturated carbocycles. The molecule has 2 aromatic rings. The Hall–Kier alpha value is -1.53. The van der Waals surface area contributed by atoms with Crippen LogP contribution in [-0.4, -0.2) is 37.6 Å². The number of pyridine rings is 1. The Morgan fingerprint density at radius 2 is 2.33 bits per heavy atom. The number of aromatic amines is 1. The van der Waals surface area contributed by atoms with E-state index >= 15 is 0 Å². The van der Waals surface area contributed by atoms with E-state index in [1.165, 1.54) is 0 Å². The number of hydrogen-bond donors (Lipinski definition) is 3. The van der Waals surface area contributed by atoms with Crippen LogP contribution in [0.15, 0.2) is 12.3 Å². The fraction of sp³-hybridized carbons (Fsp3) is 0.444. The number of nitrogens with zero attached hydrogens (tertiary/aromatic N) is 3. The standard InChI is InChI=1S/C9H13N5O/c1-9(10,5-15)3-6-2-7-8(11-4-6)13-14-12-7/h2,4,15H,3,5,10H2,1H3,(H,11,12,13,14). The number of aromatic nitrogens is 4. The van der Waals surface area contributed by atoms with Crippen molar-refractivity contribution in [3.63, 3.8) is 0 Å². The van der Waals surface area contributed by atoms with Gasteiger partial charge in [-0.05, 0) is 25.0 Å². The van der Waals surface area contributed by atoms with Gasteiger partial charge < -0.3 is 10.8 Å². The highest BCUT2D eigenvalue weighted by Crippen LogP contribution is 2.12. The van der Waals surface area contributed by atoms with Crippen LogP contribution in [0.5, 0.6) is 0 Å². The number of hydrogen-bond acceptors (Lipinski definition) is 5. The van der Waals surface area contributed by atoms with E-state index in [1.54, 1.807) is 13.1 Å². The van der Waals surface area contributed by atoms with Crippen LogP contribution in [0.25, 0.3) is 11.2 Å². The van der Waals surface area contributed by atoms with Crippen LogP contribution in [0.1, 0.15) is 12.5 Å². The molecular weight excluding hydrogens is 194 g/mol. The second-order valence-electron chi connectivity index (χ2n) is 4.00. The van der Waals surface area contributed by atoms with Crippen LogP contribution >= 0.6 is 0 Å². The summed E-state index contributed by atoms with van der Waals surface area (Å²) in [6, 6.07) is 1.87. The maximum Gasteiger partial charge on any atom is 0.201 e. The molecule has 1 unspecified atom stereocenters. The SMILES string of the molecule is CC(N)(CO)Cc1cnc2n[nH]nc2c1. The third-order valence-corrected chi connectivity index (χ3v) is 2.20. The van der Waals surface area contributed by atoms with Crippen molar-refractivity contribution in [2.24, 2.45) is 5.73 Å². The van der Waals surface area contributed by atoms with Crippen molar-refractivity contribution >= 4 is 11.2 Å². The number of aliphatic hydroxyl groups excluding tert-OH is 1. The van der Waals surface area contributed by atoms with E-state index in [4.69, 9.17) is 10.8 Å². The van der Waals surface area contributed by atoms with E-state index in [-0.39, 0.29) is 6.61 Å². The molecular formula is C9H13N5O. The van der Waals surface area contributed by atoms with Crippen LogP contribution < -0.4 is 5.73 Å². The maximum absolute atomic E-state index is 9.05. The zero-order valence-corrected chi connectivity index (χ0v) is 8.44. The quantitative estimate of drug-likeness (QED) is 0.636. The molecule has 0 radical (unpaired) electrons. The fourth-order valence-corrected chi connectivity index (χ4v) is 1.40. The van der Waals surface area contributed by atoms with E-state index in [0.717, 1.165) is 5.56 Å². The van der Waals surface area contributed by atoms with E-state index in [9.17, 15) is 0 Å². The third kappa shape index (κ3) is 2.11. The van der Waals surface area contributed by atoms with Gasteiger partial charge in [0.2, 0.25) is 5.65 Å². The van der Waals surface area contributed by atoms with Crippen molar-refractivity contribution in [3.8, 4) is 0 Å². The summed E-state index contributed by atoms with van der Waals surface area (Å²) in [4.78, 5) is 4.12. The molecule has 0 aromatic carbocycles. The van der Waals surface area contributed by atoms with Crippen LogP contribution in [-0.2, 0) is 6.42 Å².